The molecule has 24 heavy (non-hydrogen) atoms. The number of benzene rings is 1. The summed E-state index contributed by atoms with van der Waals surface area (Å²) in [5, 5.41) is 12.5. The van der Waals surface area contributed by atoms with Gasteiger partial charge in [0.15, 0.2) is 0 Å². The van der Waals surface area contributed by atoms with Gasteiger partial charge in [0.1, 0.15) is 12.4 Å². The van der Waals surface area contributed by atoms with Gasteiger partial charge in [0.05, 0.1) is 0 Å². The van der Waals surface area contributed by atoms with Crippen molar-refractivity contribution in [1.29, 1.82) is 0 Å². The molecule has 8 heteroatoms. The molecular formula is C16H18FN3O4. The molecule has 128 valence electrons. The Morgan fingerprint density at radius 2 is 2.12 bits per heavy atom. The fourth-order valence-corrected chi connectivity index (χ4v) is 2.12. The van der Waals surface area contributed by atoms with Crippen molar-refractivity contribution in [3.8, 4) is 11.4 Å². The Kier molecular flexibility index (Phi) is 5.62. The SMILES string of the molecule is CCN(CC(=O)O)C(=O)CCc1nc(-c2ccc(C)c(F)c2)no1. The van der Waals surface area contributed by atoms with Gasteiger partial charge >= 0.3 is 5.97 Å². The third-order valence-electron chi connectivity index (χ3n) is 3.51. The van der Waals surface area contributed by atoms with Crippen molar-refractivity contribution in [3.63, 3.8) is 0 Å². The first-order valence-electron chi connectivity index (χ1n) is 7.49. The molecule has 1 aromatic heterocycles. The second kappa shape index (κ2) is 7.67. The number of amides is 1. The Hall–Kier alpha value is -2.77. The molecule has 1 aromatic carbocycles. The van der Waals surface area contributed by atoms with Gasteiger partial charge in [-0.25, -0.2) is 4.39 Å². The van der Waals surface area contributed by atoms with Crippen LogP contribution in [0.3, 0.4) is 0 Å². The highest BCUT2D eigenvalue weighted by atomic mass is 19.1. The third-order valence-corrected chi connectivity index (χ3v) is 3.51. The highest BCUT2D eigenvalue weighted by Crippen LogP contribution is 2.19. The van der Waals surface area contributed by atoms with Gasteiger partial charge in [-0.2, -0.15) is 4.98 Å². The molecule has 0 radical (unpaired) electrons. The van der Waals surface area contributed by atoms with Gasteiger partial charge in [-0.1, -0.05) is 17.3 Å². The zero-order valence-electron chi connectivity index (χ0n) is 13.5. The lowest BCUT2D eigenvalue weighted by atomic mass is 10.1. The minimum absolute atomic E-state index is 0.0605. The molecule has 0 saturated carbocycles. The van der Waals surface area contributed by atoms with Gasteiger partial charge in [0.2, 0.25) is 17.6 Å². The number of carbonyl (C=O) groups is 2. The summed E-state index contributed by atoms with van der Waals surface area (Å²) in [4.78, 5) is 28.0. The molecule has 0 bridgehead atoms. The van der Waals surface area contributed by atoms with Gasteiger partial charge in [0, 0.05) is 24.9 Å². The molecule has 0 unspecified atom stereocenters. The predicted octanol–water partition coefficient (Wildman–Crippen LogP) is 2.05. The summed E-state index contributed by atoms with van der Waals surface area (Å²) < 4.78 is 18.6. The Balaban J connectivity index is 1.99. The van der Waals surface area contributed by atoms with Crippen molar-refractivity contribution >= 4 is 11.9 Å². The Bertz CT molecular complexity index is 745. The number of hydrogen-bond donors (Lipinski definition) is 1. The summed E-state index contributed by atoms with van der Waals surface area (Å²) in [5.41, 5.74) is 1.01. The maximum Gasteiger partial charge on any atom is 0.323 e. The third kappa shape index (κ3) is 4.37. The lowest BCUT2D eigenvalue weighted by Crippen LogP contribution is -2.35. The first kappa shape index (κ1) is 17.6. The molecule has 0 saturated heterocycles. The van der Waals surface area contributed by atoms with Gasteiger partial charge in [-0.15, -0.1) is 0 Å². The van der Waals surface area contributed by atoms with E-state index in [1.807, 2.05) is 0 Å². The van der Waals surface area contributed by atoms with Crippen LogP contribution in [0.1, 0.15) is 24.8 Å². The van der Waals surface area contributed by atoms with E-state index in [-0.39, 0.29) is 42.8 Å². The summed E-state index contributed by atoms with van der Waals surface area (Å²) >= 11 is 0. The normalized spacial score (nSPS) is 10.6. The van der Waals surface area contributed by atoms with Crippen LogP contribution < -0.4 is 0 Å². The van der Waals surface area contributed by atoms with E-state index in [2.05, 4.69) is 10.1 Å². The van der Waals surface area contributed by atoms with Crippen LogP contribution in [-0.4, -0.2) is 45.1 Å². The lowest BCUT2D eigenvalue weighted by molar-refractivity contribution is -0.144. The average Bonchev–Trinajstić information content (AvgIpc) is 3.01. The predicted molar refractivity (Wildman–Crippen MR) is 82.6 cm³/mol. The Morgan fingerprint density at radius 1 is 1.38 bits per heavy atom. The number of carboxylic acids is 1. The van der Waals surface area contributed by atoms with E-state index in [1.165, 1.54) is 11.0 Å². The van der Waals surface area contributed by atoms with Crippen LogP contribution in [0.25, 0.3) is 11.4 Å². The topological polar surface area (TPSA) is 96.5 Å². The van der Waals surface area contributed by atoms with Crippen LogP contribution in [0.2, 0.25) is 0 Å². The highest BCUT2D eigenvalue weighted by molar-refractivity contribution is 5.81. The number of nitrogens with zero attached hydrogens (tertiary/aromatic N) is 3. The largest absolute Gasteiger partial charge is 0.480 e. The molecule has 1 heterocycles. The number of carbonyl (C=O) groups excluding carboxylic acids is 1. The number of likely N-dealkylation sites (N-methyl/N-ethyl adjacent to an activating group) is 1. The highest BCUT2D eigenvalue weighted by Gasteiger charge is 2.17. The summed E-state index contributed by atoms with van der Waals surface area (Å²) in [5.74, 6) is -1.24. The van der Waals surface area contributed by atoms with E-state index >= 15 is 0 Å². The summed E-state index contributed by atoms with van der Waals surface area (Å²) in [6, 6.07) is 4.62. The molecular weight excluding hydrogens is 317 g/mol. The fourth-order valence-electron chi connectivity index (χ4n) is 2.12. The van der Waals surface area contributed by atoms with Crippen molar-refractivity contribution in [1.82, 2.24) is 15.0 Å². The second-order valence-corrected chi connectivity index (χ2v) is 5.28. The lowest BCUT2D eigenvalue weighted by Gasteiger charge is -2.17. The Labute approximate surface area is 138 Å². The first-order chi connectivity index (χ1) is 11.4. The minimum Gasteiger partial charge on any atom is -0.480 e. The molecule has 0 aliphatic carbocycles. The molecule has 2 rings (SSSR count). The summed E-state index contributed by atoms with van der Waals surface area (Å²) in [7, 11) is 0. The molecule has 1 N–H and O–H groups in total. The van der Waals surface area contributed by atoms with Crippen molar-refractivity contribution in [3.05, 3.63) is 35.5 Å². The minimum atomic E-state index is -1.06. The number of halogens is 1. The van der Waals surface area contributed by atoms with Gasteiger partial charge < -0.3 is 14.5 Å². The van der Waals surface area contributed by atoms with Crippen LogP contribution in [-0.2, 0) is 16.0 Å². The molecule has 0 aliphatic heterocycles. The van der Waals surface area contributed by atoms with Crippen molar-refractivity contribution in [2.24, 2.45) is 0 Å². The molecule has 1 amide bonds. The molecule has 0 spiro atoms. The van der Waals surface area contributed by atoms with Crippen molar-refractivity contribution in [2.75, 3.05) is 13.1 Å². The molecule has 0 atom stereocenters. The van der Waals surface area contributed by atoms with E-state index in [4.69, 9.17) is 9.63 Å². The molecule has 0 aliphatic rings. The van der Waals surface area contributed by atoms with Crippen LogP contribution in [0.15, 0.2) is 22.7 Å². The number of aromatic nitrogens is 2. The number of aliphatic carboxylic acids is 1. The number of rotatable bonds is 7. The standard InChI is InChI=1S/C16H18FN3O4/c1-3-20(9-15(22)23)14(21)7-6-13-18-16(19-24-13)11-5-4-10(2)12(17)8-11/h4-5,8H,3,6-7,9H2,1-2H3,(H,22,23). The quantitative estimate of drug-likeness (QED) is 0.832. The zero-order chi connectivity index (χ0) is 17.7. The summed E-state index contributed by atoms with van der Waals surface area (Å²) in [6.07, 6.45) is 0.251. The average molecular weight is 335 g/mol. The molecule has 2 aromatic rings. The van der Waals surface area contributed by atoms with Crippen LogP contribution in [0, 0.1) is 12.7 Å². The van der Waals surface area contributed by atoms with E-state index in [1.54, 1.807) is 26.0 Å². The molecule has 7 nitrogen and oxygen atoms in total. The summed E-state index contributed by atoms with van der Waals surface area (Å²) in [6.45, 7) is 3.33. The zero-order valence-corrected chi connectivity index (χ0v) is 13.5. The Morgan fingerprint density at radius 3 is 2.75 bits per heavy atom. The number of carboxylic acid groups (broad SMARTS) is 1. The van der Waals surface area contributed by atoms with Crippen LogP contribution >= 0.6 is 0 Å². The smallest absolute Gasteiger partial charge is 0.323 e. The van der Waals surface area contributed by atoms with Gasteiger partial charge in [-0.05, 0) is 25.5 Å². The fraction of sp³-hybridized carbons (Fsp3) is 0.375. The number of aryl methyl sites for hydroxylation is 2. The van der Waals surface area contributed by atoms with E-state index in [0.29, 0.717) is 17.7 Å². The number of hydrogen-bond acceptors (Lipinski definition) is 5. The van der Waals surface area contributed by atoms with Crippen LogP contribution in [0.5, 0.6) is 0 Å². The maximum atomic E-state index is 13.6. The van der Waals surface area contributed by atoms with E-state index < -0.39 is 5.97 Å². The van der Waals surface area contributed by atoms with Crippen molar-refractivity contribution in [2.45, 2.75) is 26.7 Å². The second-order valence-electron chi connectivity index (χ2n) is 5.28. The van der Waals surface area contributed by atoms with E-state index in [0.717, 1.165) is 0 Å². The van der Waals surface area contributed by atoms with E-state index in [9.17, 15) is 14.0 Å². The first-order valence-corrected chi connectivity index (χ1v) is 7.49. The van der Waals surface area contributed by atoms with Gasteiger partial charge in [-0.3, -0.25) is 9.59 Å². The van der Waals surface area contributed by atoms with Crippen molar-refractivity contribution < 1.29 is 23.6 Å². The monoisotopic (exact) mass is 335 g/mol. The van der Waals surface area contributed by atoms with Crippen LogP contribution in [0.4, 0.5) is 4.39 Å². The maximum absolute atomic E-state index is 13.6. The molecule has 0 fully saturated rings. The van der Waals surface area contributed by atoms with Gasteiger partial charge in [0.25, 0.3) is 0 Å².